The standard InChI is InChI=1S/C17H29NO2S/c1-7-18(8-2)21(19,20)13-14(3)15-9-11-16(12-10-15)17(4,5)6/h9-12,14H,7-8,13H2,1-6H3. The molecule has 0 aliphatic carbocycles. The maximum Gasteiger partial charge on any atom is 0.214 e. The zero-order valence-corrected chi connectivity index (χ0v) is 15.0. The Morgan fingerprint density at radius 1 is 1.05 bits per heavy atom. The molecule has 0 radical (unpaired) electrons. The summed E-state index contributed by atoms with van der Waals surface area (Å²) in [7, 11) is -3.18. The molecular formula is C17H29NO2S. The van der Waals surface area contributed by atoms with E-state index in [-0.39, 0.29) is 17.1 Å². The highest BCUT2D eigenvalue weighted by Gasteiger charge is 2.23. The molecule has 0 aromatic heterocycles. The monoisotopic (exact) mass is 311 g/mol. The third-order valence-corrected chi connectivity index (χ3v) is 6.13. The maximum absolute atomic E-state index is 12.3. The molecule has 1 aromatic carbocycles. The topological polar surface area (TPSA) is 37.4 Å². The van der Waals surface area contributed by atoms with Crippen molar-refractivity contribution in [2.45, 2.75) is 52.9 Å². The highest BCUT2D eigenvalue weighted by molar-refractivity contribution is 7.89. The van der Waals surface area contributed by atoms with Crippen LogP contribution in [0.1, 0.15) is 58.6 Å². The SMILES string of the molecule is CCN(CC)S(=O)(=O)CC(C)c1ccc(C(C)(C)C)cc1. The van der Waals surface area contributed by atoms with Gasteiger partial charge >= 0.3 is 0 Å². The largest absolute Gasteiger partial charge is 0.214 e. The molecule has 4 heteroatoms. The number of sulfonamides is 1. The van der Waals surface area contributed by atoms with Gasteiger partial charge in [0.25, 0.3) is 0 Å². The Hall–Kier alpha value is -0.870. The van der Waals surface area contributed by atoms with Crippen LogP contribution in [-0.2, 0) is 15.4 Å². The van der Waals surface area contributed by atoms with E-state index in [1.54, 1.807) is 0 Å². The molecule has 0 aliphatic heterocycles. The number of hydrogen-bond acceptors (Lipinski definition) is 2. The Labute approximate surface area is 130 Å². The van der Waals surface area contributed by atoms with Gasteiger partial charge in [-0.1, -0.05) is 65.8 Å². The molecule has 21 heavy (non-hydrogen) atoms. The maximum atomic E-state index is 12.3. The van der Waals surface area contributed by atoms with Crippen LogP contribution in [-0.4, -0.2) is 31.6 Å². The summed E-state index contributed by atoms with van der Waals surface area (Å²) in [6.07, 6.45) is 0. The summed E-state index contributed by atoms with van der Waals surface area (Å²) in [5, 5.41) is 0. The lowest BCUT2D eigenvalue weighted by Crippen LogP contribution is -2.34. The van der Waals surface area contributed by atoms with Gasteiger partial charge in [-0.15, -0.1) is 0 Å². The summed E-state index contributed by atoms with van der Waals surface area (Å²) >= 11 is 0. The second-order valence-corrected chi connectivity index (χ2v) is 8.65. The summed E-state index contributed by atoms with van der Waals surface area (Å²) in [5.41, 5.74) is 2.47. The van der Waals surface area contributed by atoms with E-state index in [9.17, 15) is 8.42 Å². The second kappa shape index (κ2) is 6.93. The fourth-order valence-electron chi connectivity index (χ4n) is 2.45. The predicted molar refractivity (Wildman–Crippen MR) is 90.3 cm³/mol. The summed E-state index contributed by atoms with van der Waals surface area (Å²) in [6, 6.07) is 8.33. The molecule has 0 aliphatic rings. The van der Waals surface area contributed by atoms with Crippen molar-refractivity contribution < 1.29 is 8.42 Å². The van der Waals surface area contributed by atoms with Gasteiger partial charge in [0.05, 0.1) is 5.75 Å². The third kappa shape index (κ3) is 4.82. The first kappa shape index (κ1) is 18.2. The molecule has 120 valence electrons. The van der Waals surface area contributed by atoms with Crippen molar-refractivity contribution in [1.29, 1.82) is 0 Å². The first-order valence-corrected chi connectivity index (χ1v) is 9.31. The average Bonchev–Trinajstić information content (AvgIpc) is 2.38. The first-order valence-electron chi connectivity index (χ1n) is 7.70. The lowest BCUT2D eigenvalue weighted by molar-refractivity contribution is 0.442. The zero-order chi connectivity index (χ0) is 16.3. The summed E-state index contributed by atoms with van der Waals surface area (Å²) in [4.78, 5) is 0. The lowest BCUT2D eigenvalue weighted by Gasteiger charge is -2.22. The van der Waals surface area contributed by atoms with Gasteiger partial charge in [0.15, 0.2) is 0 Å². The van der Waals surface area contributed by atoms with Gasteiger partial charge in [0, 0.05) is 13.1 Å². The van der Waals surface area contributed by atoms with E-state index in [4.69, 9.17) is 0 Å². The minimum absolute atomic E-state index is 0.00428. The van der Waals surface area contributed by atoms with Gasteiger partial charge in [-0.3, -0.25) is 0 Å². The van der Waals surface area contributed by atoms with Crippen LogP contribution in [0.25, 0.3) is 0 Å². The van der Waals surface area contributed by atoms with Crippen LogP contribution in [0.5, 0.6) is 0 Å². The van der Waals surface area contributed by atoms with Crippen LogP contribution in [0.4, 0.5) is 0 Å². The average molecular weight is 311 g/mol. The van der Waals surface area contributed by atoms with Crippen molar-refractivity contribution in [1.82, 2.24) is 4.31 Å². The third-order valence-electron chi connectivity index (χ3n) is 3.91. The Kier molecular flexibility index (Phi) is 6.00. The van der Waals surface area contributed by atoms with Gasteiger partial charge in [0.2, 0.25) is 10.0 Å². The second-order valence-electron chi connectivity index (χ2n) is 6.64. The Balaban J connectivity index is 2.88. The van der Waals surface area contributed by atoms with Crippen LogP contribution in [0.3, 0.4) is 0 Å². The number of nitrogens with zero attached hydrogens (tertiary/aromatic N) is 1. The molecule has 0 amide bonds. The highest BCUT2D eigenvalue weighted by Crippen LogP contribution is 2.25. The van der Waals surface area contributed by atoms with Gasteiger partial charge in [0.1, 0.15) is 0 Å². The van der Waals surface area contributed by atoms with E-state index in [2.05, 4.69) is 45.0 Å². The van der Waals surface area contributed by atoms with Crippen LogP contribution < -0.4 is 0 Å². The van der Waals surface area contributed by atoms with Gasteiger partial charge in [-0.2, -0.15) is 0 Å². The fraction of sp³-hybridized carbons (Fsp3) is 0.647. The highest BCUT2D eigenvalue weighted by atomic mass is 32.2. The van der Waals surface area contributed by atoms with Gasteiger partial charge < -0.3 is 0 Å². The molecule has 0 saturated heterocycles. The van der Waals surface area contributed by atoms with Crippen molar-refractivity contribution in [2.24, 2.45) is 0 Å². The molecule has 1 unspecified atom stereocenters. The molecular weight excluding hydrogens is 282 g/mol. The van der Waals surface area contributed by atoms with E-state index in [1.165, 1.54) is 9.87 Å². The number of hydrogen-bond donors (Lipinski definition) is 0. The van der Waals surface area contributed by atoms with Crippen molar-refractivity contribution >= 4 is 10.0 Å². The Morgan fingerprint density at radius 3 is 1.90 bits per heavy atom. The van der Waals surface area contributed by atoms with Crippen LogP contribution in [0, 0.1) is 0 Å². The predicted octanol–water partition coefficient (Wildman–Crippen LogP) is 3.76. The quantitative estimate of drug-likeness (QED) is 0.802. The Morgan fingerprint density at radius 2 is 1.52 bits per heavy atom. The van der Waals surface area contributed by atoms with Crippen molar-refractivity contribution in [2.75, 3.05) is 18.8 Å². The minimum atomic E-state index is -3.18. The number of rotatable bonds is 6. The van der Waals surface area contributed by atoms with E-state index in [0.717, 1.165) is 5.56 Å². The van der Waals surface area contributed by atoms with Crippen LogP contribution in [0.2, 0.25) is 0 Å². The van der Waals surface area contributed by atoms with Crippen molar-refractivity contribution in [3.05, 3.63) is 35.4 Å². The molecule has 0 heterocycles. The normalized spacial score (nSPS) is 14.4. The molecule has 1 aromatic rings. The number of benzene rings is 1. The molecule has 0 bridgehead atoms. The first-order chi connectivity index (χ1) is 9.61. The molecule has 3 nitrogen and oxygen atoms in total. The van der Waals surface area contributed by atoms with Gasteiger partial charge in [-0.25, -0.2) is 12.7 Å². The molecule has 1 atom stereocenters. The van der Waals surface area contributed by atoms with E-state index in [1.807, 2.05) is 20.8 Å². The molecule has 0 saturated carbocycles. The molecule has 0 N–H and O–H groups in total. The minimum Gasteiger partial charge on any atom is -0.212 e. The van der Waals surface area contributed by atoms with Crippen LogP contribution in [0.15, 0.2) is 24.3 Å². The summed E-state index contributed by atoms with van der Waals surface area (Å²) in [5.74, 6) is 0.174. The lowest BCUT2D eigenvalue weighted by atomic mass is 9.86. The molecule has 0 spiro atoms. The fourth-order valence-corrected chi connectivity index (χ4v) is 4.27. The van der Waals surface area contributed by atoms with E-state index in [0.29, 0.717) is 13.1 Å². The van der Waals surface area contributed by atoms with Crippen LogP contribution >= 0.6 is 0 Å². The van der Waals surface area contributed by atoms with E-state index < -0.39 is 10.0 Å². The smallest absolute Gasteiger partial charge is 0.212 e. The van der Waals surface area contributed by atoms with Crippen molar-refractivity contribution in [3.63, 3.8) is 0 Å². The summed E-state index contributed by atoms with van der Waals surface area (Å²) < 4.78 is 26.2. The zero-order valence-electron chi connectivity index (χ0n) is 14.2. The van der Waals surface area contributed by atoms with Crippen molar-refractivity contribution in [3.8, 4) is 0 Å². The van der Waals surface area contributed by atoms with E-state index >= 15 is 0 Å². The molecule has 0 fully saturated rings. The molecule has 1 rings (SSSR count). The van der Waals surface area contributed by atoms with Gasteiger partial charge in [-0.05, 0) is 22.5 Å². The summed E-state index contributed by atoms with van der Waals surface area (Å²) in [6.45, 7) is 13.3. The Bertz CT molecular complexity index is 537.